The highest BCUT2D eigenvalue weighted by Gasteiger charge is 2.14. The molecule has 2 aromatic carbocycles. The predicted molar refractivity (Wildman–Crippen MR) is 114 cm³/mol. The van der Waals surface area contributed by atoms with Gasteiger partial charge in [-0.25, -0.2) is 0 Å². The summed E-state index contributed by atoms with van der Waals surface area (Å²) >= 11 is 0. The first-order valence-corrected chi connectivity index (χ1v) is 9.50. The van der Waals surface area contributed by atoms with Crippen LogP contribution in [0.4, 0.5) is 28.8 Å². The summed E-state index contributed by atoms with van der Waals surface area (Å²) in [5, 5.41) is 14.6. The molecular weight excluding hydrogens is 350 g/mol. The number of rotatable bonds is 5. The van der Waals surface area contributed by atoms with E-state index in [1.165, 1.54) is 11.3 Å². The van der Waals surface area contributed by atoms with Crippen LogP contribution in [0.3, 0.4) is 0 Å². The smallest absolute Gasteiger partial charge is 0.249 e. The zero-order valence-electron chi connectivity index (χ0n) is 16.3. The van der Waals surface area contributed by atoms with Crippen LogP contribution >= 0.6 is 0 Å². The van der Waals surface area contributed by atoms with Gasteiger partial charge in [-0.05, 0) is 50.4 Å². The molecule has 0 unspecified atom stereocenters. The van der Waals surface area contributed by atoms with E-state index in [1.807, 2.05) is 12.1 Å². The van der Waals surface area contributed by atoms with E-state index < -0.39 is 0 Å². The summed E-state index contributed by atoms with van der Waals surface area (Å²) in [6, 6.07) is 16.5. The molecule has 0 bridgehead atoms. The van der Waals surface area contributed by atoms with Crippen LogP contribution in [0.25, 0.3) is 0 Å². The van der Waals surface area contributed by atoms with Crippen LogP contribution < -0.4 is 15.5 Å². The van der Waals surface area contributed by atoms with Crippen molar-refractivity contribution in [2.75, 3.05) is 48.8 Å². The highest BCUT2D eigenvalue weighted by Crippen LogP contribution is 2.21. The van der Waals surface area contributed by atoms with Crippen LogP contribution in [-0.2, 0) is 0 Å². The quantitative estimate of drug-likeness (QED) is 0.708. The second-order valence-corrected chi connectivity index (χ2v) is 7.12. The third kappa shape index (κ3) is 4.55. The third-order valence-electron chi connectivity index (χ3n) is 4.87. The minimum Gasteiger partial charge on any atom is -0.369 e. The summed E-state index contributed by atoms with van der Waals surface area (Å²) in [4.78, 5) is 9.26. The molecule has 1 aromatic heterocycles. The standard InChI is InChI=1S/C21H25N7/c1-16-3-5-17(6-4-16)23-20-15-22-26-21(25-20)24-18-7-9-19(10-8-18)28-13-11-27(2)12-14-28/h3-10,15H,11-14H2,1-2H3,(H2,23,24,25,26). The molecule has 0 saturated carbocycles. The van der Waals surface area contributed by atoms with E-state index in [-0.39, 0.29) is 0 Å². The van der Waals surface area contributed by atoms with E-state index in [1.54, 1.807) is 6.20 Å². The van der Waals surface area contributed by atoms with Crippen molar-refractivity contribution in [3.63, 3.8) is 0 Å². The number of hydrogen-bond donors (Lipinski definition) is 2. The van der Waals surface area contributed by atoms with Gasteiger partial charge < -0.3 is 20.4 Å². The molecule has 144 valence electrons. The molecule has 4 rings (SSSR count). The van der Waals surface area contributed by atoms with Gasteiger partial charge in [0.2, 0.25) is 5.95 Å². The van der Waals surface area contributed by atoms with Gasteiger partial charge >= 0.3 is 0 Å². The predicted octanol–water partition coefficient (Wildman–Crippen LogP) is 3.42. The average Bonchev–Trinajstić information content (AvgIpc) is 2.71. The van der Waals surface area contributed by atoms with E-state index >= 15 is 0 Å². The second-order valence-electron chi connectivity index (χ2n) is 7.12. The van der Waals surface area contributed by atoms with Crippen molar-refractivity contribution in [3.05, 3.63) is 60.3 Å². The lowest BCUT2D eigenvalue weighted by atomic mass is 10.2. The fraction of sp³-hybridized carbons (Fsp3) is 0.286. The first-order chi connectivity index (χ1) is 13.7. The fourth-order valence-electron chi connectivity index (χ4n) is 3.15. The van der Waals surface area contributed by atoms with Crippen molar-refractivity contribution >= 4 is 28.8 Å². The average molecular weight is 375 g/mol. The van der Waals surface area contributed by atoms with Crippen molar-refractivity contribution in [2.45, 2.75) is 6.92 Å². The normalized spacial score (nSPS) is 14.7. The number of aromatic nitrogens is 3. The molecule has 28 heavy (non-hydrogen) atoms. The molecule has 0 amide bonds. The molecule has 0 radical (unpaired) electrons. The zero-order chi connectivity index (χ0) is 19.3. The van der Waals surface area contributed by atoms with Crippen LogP contribution in [-0.4, -0.2) is 53.3 Å². The van der Waals surface area contributed by atoms with Crippen LogP contribution in [0.1, 0.15) is 5.56 Å². The Hall–Kier alpha value is -3.19. The number of nitrogens with one attached hydrogen (secondary N) is 2. The van der Waals surface area contributed by atoms with Gasteiger partial charge in [-0.2, -0.15) is 10.1 Å². The van der Waals surface area contributed by atoms with Crippen molar-refractivity contribution in [1.82, 2.24) is 20.1 Å². The lowest BCUT2D eigenvalue weighted by Crippen LogP contribution is -2.44. The molecular formula is C21H25N7. The maximum atomic E-state index is 4.49. The topological polar surface area (TPSA) is 69.2 Å². The Bertz CT molecular complexity index is 901. The first kappa shape index (κ1) is 18.2. The van der Waals surface area contributed by atoms with E-state index in [9.17, 15) is 0 Å². The molecule has 1 saturated heterocycles. The van der Waals surface area contributed by atoms with Gasteiger partial charge in [-0.1, -0.05) is 17.7 Å². The number of likely N-dealkylation sites (N-methyl/N-ethyl adjacent to an activating group) is 1. The van der Waals surface area contributed by atoms with Crippen molar-refractivity contribution in [2.24, 2.45) is 0 Å². The van der Waals surface area contributed by atoms with Crippen LogP contribution in [0, 0.1) is 6.92 Å². The van der Waals surface area contributed by atoms with Crippen molar-refractivity contribution in [3.8, 4) is 0 Å². The maximum absolute atomic E-state index is 4.49. The Kier molecular flexibility index (Phi) is 5.34. The van der Waals surface area contributed by atoms with Gasteiger partial charge in [-0.15, -0.1) is 5.10 Å². The maximum Gasteiger partial charge on any atom is 0.249 e. The Morgan fingerprint density at radius 3 is 2.18 bits per heavy atom. The van der Waals surface area contributed by atoms with Gasteiger partial charge in [0.1, 0.15) is 0 Å². The lowest BCUT2D eigenvalue weighted by Gasteiger charge is -2.34. The summed E-state index contributed by atoms with van der Waals surface area (Å²) in [5.74, 6) is 1.11. The molecule has 0 atom stereocenters. The van der Waals surface area contributed by atoms with E-state index in [2.05, 4.69) is 86.0 Å². The van der Waals surface area contributed by atoms with E-state index in [0.717, 1.165) is 37.6 Å². The largest absolute Gasteiger partial charge is 0.369 e. The summed E-state index contributed by atoms with van der Waals surface area (Å²) in [7, 11) is 2.17. The molecule has 2 N–H and O–H groups in total. The molecule has 3 aromatic rings. The number of anilines is 5. The van der Waals surface area contributed by atoms with E-state index in [0.29, 0.717) is 11.8 Å². The Morgan fingerprint density at radius 2 is 1.46 bits per heavy atom. The monoisotopic (exact) mass is 375 g/mol. The zero-order valence-corrected chi connectivity index (χ0v) is 16.3. The molecule has 0 spiro atoms. The molecule has 2 heterocycles. The van der Waals surface area contributed by atoms with Gasteiger partial charge in [-0.3, -0.25) is 0 Å². The van der Waals surface area contributed by atoms with E-state index in [4.69, 9.17) is 0 Å². The second kappa shape index (κ2) is 8.22. The van der Waals surface area contributed by atoms with Crippen molar-refractivity contribution in [1.29, 1.82) is 0 Å². The summed E-state index contributed by atoms with van der Waals surface area (Å²) in [6.45, 7) is 6.37. The first-order valence-electron chi connectivity index (χ1n) is 9.50. The van der Waals surface area contributed by atoms with Crippen LogP contribution in [0.2, 0.25) is 0 Å². The lowest BCUT2D eigenvalue weighted by molar-refractivity contribution is 0.313. The number of nitrogens with zero attached hydrogens (tertiary/aromatic N) is 5. The molecule has 7 nitrogen and oxygen atoms in total. The molecule has 1 aliphatic heterocycles. The summed E-state index contributed by atoms with van der Waals surface area (Å²) in [6.07, 6.45) is 1.61. The minimum absolute atomic E-state index is 0.462. The van der Waals surface area contributed by atoms with Gasteiger partial charge in [0.25, 0.3) is 0 Å². The Morgan fingerprint density at radius 1 is 0.821 bits per heavy atom. The van der Waals surface area contributed by atoms with Crippen molar-refractivity contribution < 1.29 is 0 Å². The van der Waals surface area contributed by atoms with Crippen LogP contribution in [0.15, 0.2) is 54.7 Å². The minimum atomic E-state index is 0.462. The number of piperazine rings is 1. The Labute approximate surface area is 165 Å². The molecule has 0 aliphatic carbocycles. The van der Waals surface area contributed by atoms with Gasteiger partial charge in [0.05, 0.1) is 6.20 Å². The SMILES string of the molecule is Cc1ccc(Nc2cnnc(Nc3ccc(N4CCN(C)CC4)cc3)n2)cc1. The summed E-state index contributed by atoms with van der Waals surface area (Å²) in [5.41, 5.74) is 4.36. The number of aryl methyl sites for hydroxylation is 1. The van der Waals surface area contributed by atoms with Gasteiger partial charge in [0, 0.05) is 43.2 Å². The number of hydrogen-bond acceptors (Lipinski definition) is 7. The molecule has 1 fully saturated rings. The molecule has 1 aliphatic rings. The molecule has 7 heteroatoms. The fourth-order valence-corrected chi connectivity index (χ4v) is 3.15. The number of benzene rings is 2. The van der Waals surface area contributed by atoms with Gasteiger partial charge in [0.15, 0.2) is 5.82 Å². The third-order valence-corrected chi connectivity index (χ3v) is 4.87. The highest BCUT2D eigenvalue weighted by atomic mass is 15.3. The van der Waals surface area contributed by atoms with Crippen LogP contribution in [0.5, 0.6) is 0 Å². The summed E-state index contributed by atoms with van der Waals surface area (Å²) < 4.78 is 0. The highest BCUT2D eigenvalue weighted by molar-refractivity contribution is 5.61. The Balaban J connectivity index is 1.40.